The highest BCUT2D eigenvalue weighted by molar-refractivity contribution is 9.10. The van der Waals surface area contributed by atoms with E-state index < -0.39 is 11.7 Å². The van der Waals surface area contributed by atoms with Crippen molar-refractivity contribution in [2.45, 2.75) is 38.1 Å². The molecule has 2 aliphatic heterocycles. The Hall–Kier alpha value is -2.66. The first kappa shape index (κ1) is 29.8. The van der Waals surface area contributed by atoms with Gasteiger partial charge in [-0.25, -0.2) is 4.98 Å². The lowest BCUT2D eigenvalue weighted by Crippen LogP contribution is -2.53. The highest BCUT2D eigenvalue weighted by atomic mass is 79.9. The van der Waals surface area contributed by atoms with Crippen LogP contribution in [0.3, 0.4) is 0 Å². The molecule has 0 saturated carbocycles. The minimum atomic E-state index is -4.39. The molecule has 3 heterocycles. The first-order valence-electron chi connectivity index (χ1n) is 13.7. The van der Waals surface area contributed by atoms with Gasteiger partial charge in [-0.1, -0.05) is 51.8 Å². The van der Waals surface area contributed by atoms with Crippen LogP contribution >= 0.6 is 27.5 Å². The molecule has 11 heteroatoms. The number of nitrogens with zero attached hydrogens (tertiary/aromatic N) is 4. The Morgan fingerprint density at radius 3 is 2.20 bits per heavy atom. The second kappa shape index (κ2) is 13.1. The molecule has 0 bridgehead atoms. The summed E-state index contributed by atoms with van der Waals surface area (Å²) in [5, 5.41) is 3.12. The molecule has 2 aromatic carbocycles. The van der Waals surface area contributed by atoms with Crippen molar-refractivity contribution in [3.63, 3.8) is 0 Å². The highest BCUT2D eigenvalue weighted by Crippen LogP contribution is 2.29. The molecule has 2 saturated heterocycles. The Kier molecular flexibility index (Phi) is 9.53. The third kappa shape index (κ3) is 7.80. The molecular formula is C30H32BrClF3N5O. The van der Waals surface area contributed by atoms with Crippen molar-refractivity contribution in [2.75, 3.05) is 44.2 Å². The number of piperidine rings is 1. The second-order valence-electron chi connectivity index (χ2n) is 10.6. The van der Waals surface area contributed by atoms with Gasteiger partial charge in [0.25, 0.3) is 5.91 Å². The van der Waals surface area contributed by atoms with Crippen LogP contribution in [0.15, 0.2) is 65.3 Å². The zero-order chi connectivity index (χ0) is 29.0. The van der Waals surface area contributed by atoms with E-state index in [1.54, 1.807) is 6.07 Å². The van der Waals surface area contributed by atoms with Gasteiger partial charge in [0.1, 0.15) is 5.82 Å². The summed E-state index contributed by atoms with van der Waals surface area (Å²) in [4.78, 5) is 24.4. The number of hydrogen-bond acceptors (Lipinski definition) is 5. The SMILES string of the molecule is O=C(NCc1ccc(C(F)(F)F)cc1)c1cnc(N2CCN(C3CCN(Cc4ccc(Br)cc4)CC3)CC2)c(Cl)c1. The molecule has 2 aliphatic rings. The van der Waals surface area contributed by atoms with E-state index in [9.17, 15) is 18.0 Å². The van der Waals surface area contributed by atoms with Crippen LogP contribution in [0.4, 0.5) is 19.0 Å². The summed E-state index contributed by atoms with van der Waals surface area (Å²) in [6.45, 7) is 6.77. The number of hydrogen-bond donors (Lipinski definition) is 1. The van der Waals surface area contributed by atoms with Gasteiger partial charge in [-0.3, -0.25) is 14.6 Å². The van der Waals surface area contributed by atoms with E-state index in [4.69, 9.17) is 11.6 Å². The molecule has 1 N–H and O–H groups in total. The third-order valence-corrected chi connectivity index (χ3v) is 8.63. The number of piperazine rings is 1. The van der Waals surface area contributed by atoms with Crippen molar-refractivity contribution >= 4 is 39.3 Å². The number of anilines is 1. The Morgan fingerprint density at radius 2 is 1.59 bits per heavy atom. The summed E-state index contributed by atoms with van der Waals surface area (Å²) in [5.41, 5.74) is 1.49. The number of aromatic nitrogens is 1. The molecule has 0 unspecified atom stereocenters. The summed E-state index contributed by atoms with van der Waals surface area (Å²) in [7, 11) is 0. The number of amides is 1. The molecule has 3 aromatic rings. The summed E-state index contributed by atoms with van der Waals surface area (Å²) >= 11 is 10.0. The van der Waals surface area contributed by atoms with Crippen LogP contribution < -0.4 is 10.2 Å². The average Bonchev–Trinajstić information content (AvgIpc) is 2.97. The fourth-order valence-electron chi connectivity index (χ4n) is 5.47. The standard InChI is InChI=1S/C30H32BrClF3N5O/c31-25-7-3-22(4-8-25)20-38-11-9-26(10-12-38)39-13-15-40(16-14-39)28-27(32)17-23(19-36-28)29(41)37-18-21-1-5-24(6-2-21)30(33,34)35/h1-8,17,19,26H,9-16,18,20H2,(H,37,41). The third-order valence-electron chi connectivity index (χ3n) is 7.83. The highest BCUT2D eigenvalue weighted by Gasteiger charge is 2.30. The second-order valence-corrected chi connectivity index (χ2v) is 11.9. The number of carbonyl (C=O) groups is 1. The largest absolute Gasteiger partial charge is 0.416 e. The Balaban J connectivity index is 1.08. The van der Waals surface area contributed by atoms with E-state index in [1.807, 2.05) is 0 Å². The number of alkyl halides is 3. The molecule has 218 valence electrons. The minimum Gasteiger partial charge on any atom is -0.353 e. The predicted octanol–water partition coefficient (Wildman–Crippen LogP) is 6.23. The van der Waals surface area contributed by atoms with E-state index in [2.05, 4.69) is 65.2 Å². The smallest absolute Gasteiger partial charge is 0.353 e. The van der Waals surface area contributed by atoms with Gasteiger partial charge in [0, 0.05) is 56.0 Å². The van der Waals surface area contributed by atoms with Gasteiger partial charge in [0.05, 0.1) is 16.1 Å². The summed E-state index contributed by atoms with van der Waals surface area (Å²) < 4.78 is 39.4. The van der Waals surface area contributed by atoms with Crippen LogP contribution in [0.2, 0.25) is 5.02 Å². The summed E-state index contributed by atoms with van der Waals surface area (Å²) in [5.74, 6) is 0.275. The molecular weight excluding hydrogens is 619 g/mol. The van der Waals surface area contributed by atoms with Crippen molar-refractivity contribution < 1.29 is 18.0 Å². The fraction of sp³-hybridized carbons (Fsp3) is 0.400. The lowest BCUT2D eigenvalue weighted by Gasteiger charge is -2.43. The number of carbonyl (C=O) groups excluding carboxylic acids is 1. The lowest BCUT2D eigenvalue weighted by atomic mass is 10.0. The normalized spacial score (nSPS) is 17.5. The first-order valence-corrected chi connectivity index (χ1v) is 14.9. The van der Waals surface area contributed by atoms with E-state index in [0.717, 1.165) is 75.3 Å². The maximum absolute atomic E-state index is 12.8. The maximum atomic E-state index is 12.8. The van der Waals surface area contributed by atoms with Crippen LogP contribution in [0.5, 0.6) is 0 Å². The molecule has 0 spiro atoms. The molecule has 1 aromatic heterocycles. The Labute approximate surface area is 251 Å². The van der Waals surface area contributed by atoms with Gasteiger partial charge in [-0.2, -0.15) is 13.2 Å². The van der Waals surface area contributed by atoms with E-state index >= 15 is 0 Å². The van der Waals surface area contributed by atoms with Crippen molar-refractivity contribution in [3.8, 4) is 0 Å². The Bertz CT molecular complexity index is 1320. The van der Waals surface area contributed by atoms with Crippen molar-refractivity contribution in [1.82, 2.24) is 20.1 Å². The van der Waals surface area contributed by atoms with Crippen LogP contribution in [-0.4, -0.2) is 66.0 Å². The molecule has 6 nitrogen and oxygen atoms in total. The average molecular weight is 651 g/mol. The van der Waals surface area contributed by atoms with Gasteiger partial charge < -0.3 is 10.2 Å². The fourth-order valence-corrected chi connectivity index (χ4v) is 6.02. The quantitative estimate of drug-likeness (QED) is 0.329. The maximum Gasteiger partial charge on any atom is 0.416 e. The molecule has 0 radical (unpaired) electrons. The van der Waals surface area contributed by atoms with Gasteiger partial charge >= 0.3 is 6.18 Å². The number of benzene rings is 2. The van der Waals surface area contributed by atoms with Crippen molar-refractivity contribution in [3.05, 3.63) is 92.5 Å². The molecule has 0 atom stereocenters. The molecule has 2 fully saturated rings. The van der Waals surface area contributed by atoms with E-state index in [0.29, 0.717) is 28.0 Å². The van der Waals surface area contributed by atoms with E-state index in [-0.39, 0.29) is 12.5 Å². The van der Waals surface area contributed by atoms with Gasteiger partial charge in [-0.15, -0.1) is 0 Å². The lowest BCUT2D eigenvalue weighted by molar-refractivity contribution is -0.137. The van der Waals surface area contributed by atoms with Crippen molar-refractivity contribution in [2.24, 2.45) is 0 Å². The number of nitrogens with one attached hydrogen (secondary N) is 1. The summed E-state index contributed by atoms with van der Waals surface area (Å²) in [6.07, 6.45) is -0.578. The Morgan fingerprint density at radius 1 is 0.951 bits per heavy atom. The number of rotatable bonds is 7. The number of likely N-dealkylation sites (tertiary alicyclic amines) is 1. The van der Waals surface area contributed by atoms with Crippen LogP contribution in [0.1, 0.15) is 39.9 Å². The zero-order valence-corrected chi connectivity index (χ0v) is 24.9. The number of pyridine rings is 1. The van der Waals surface area contributed by atoms with Gasteiger partial charge in [0.2, 0.25) is 0 Å². The van der Waals surface area contributed by atoms with Crippen LogP contribution in [0, 0.1) is 0 Å². The van der Waals surface area contributed by atoms with Crippen LogP contribution in [-0.2, 0) is 19.3 Å². The van der Waals surface area contributed by atoms with Gasteiger partial charge in [0.15, 0.2) is 0 Å². The minimum absolute atomic E-state index is 0.0987. The number of halogens is 5. The molecule has 41 heavy (non-hydrogen) atoms. The zero-order valence-electron chi connectivity index (χ0n) is 22.5. The first-order chi connectivity index (χ1) is 19.7. The topological polar surface area (TPSA) is 51.7 Å². The van der Waals surface area contributed by atoms with Gasteiger partial charge in [-0.05, 0) is 67.4 Å². The van der Waals surface area contributed by atoms with E-state index in [1.165, 1.54) is 23.9 Å². The predicted molar refractivity (Wildman–Crippen MR) is 158 cm³/mol. The molecule has 0 aliphatic carbocycles. The van der Waals surface area contributed by atoms with Crippen molar-refractivity contribution in [1.29, 1.82) is 0 Å². The molecule has 5 rings (SSSR count). The van der Waals surface area contributed by atoms with Crippen LogP contribution in [0.25, 0.3) is 0 Å². The summed E-state index contributed by atoms with van der Waals surface area (Å²) in [6, 6.07) is 15.4. The monoisotopic (exact) mass is 649 g/mol. The molecule has 1 amide bonds.